The molecule has 7 nitrogen and oxygen atoms in total. The van der Waals surface area contributed by atoms with E-state index < -0.39 is 0 Å². The van der Waals surface area contributed by atoms with E-state index in [1.165, 1.54) is 12.4 Å². The molecule has 108 valence electrons. The van der Waals surface area contributed by atoms with E-state index in [1.54, 1.807) is 0 Å². The van der Waals surface area contributed by atoms with Gasteiger partial charge in [0, 0.05) is 32.2 Å². The summed E-state index contributed by atoms with van der Waals surface area (Å²) < 4.78 is 5.36. The van der Waals surface area contributed by atoms with E-state index in [4.69, 9.17) is 10.5 Å². The number of nitrogens with two attached hydrogens (primary N) is 1. The van der Waals surface area contributed by atoms with Crippen LogP contribution in [0.5, 0.6) is 0 Å². The van der Waals surface area contributed by atoms with Crippen LogP contribution in [0.15, 0.2) is 12.4 Å². The van der Waals surface area contributed by atoms with Crippen LogP contribution in [0.1, 0.15) is 16.9 Å². The van der Waals surface area contributed by atoms with Crippen molar-refractivity contribution in [3.05, 3.63) is 18.1 Å². The number of hydrogen-bond donors (Lipinski definition) is 1. The van der Waals surface area contributed by atoms with Gasteiger partial charge in [-0.2, -0.15) is 0 Å². The second-order valence-electron chi connectivity index (χ2n) is 5.17. The van der Waals surface area contributed by atoms with E-state index in [2.05, 4.69) is 14.9 Å². The molecule has 1 aromatic heterocycles. The maximum Gasteiger partial charge on any atom is 0.274 e. The fourth-order valence-electron chi connectivity index (χ4n) is 2.78. The summed E-state index contributed by atoms with van der Waals surface area (Å²) in [6, 6.07) is 0.435. The van der Waals surface area contributed by atoms with Gasteiger partial charge in [0.1, 0.15) is 11.5 Å². The van der Waals surface area contributed by atoms with Crippen LogP contribution in [0.2, 0.25) is 0 Å². The number of rotatable bonds is 2. The van der Waals surface area contributed by atoms with E-state index in [0.29, 0.717) is 17.6 Å². The summed E-state index contributed by atoms with van der Waals surface area (Å²) in [7, 11) is 0. The quantitative estimate of drug-likeness (QED) is 0.792. The summed E-state index contributed by atoms with van der Waals surface area (Å²) in [6.45, 7) is 5.00. The second-order valence-corrected chi connectivity index (χ2v) is 5.17. The summed E-state index contributed by atoms with van der Waals surface area (Å²) in [4.78, 5) is 24.6. The van der Waals surface area contributed by atoms with Crippen LogP contribution in [-0.4, -0.2) is 71.1 Å². The van der Waals surface area contributed by atoms with E-state index in [1.807, 2.05) is 4.90 Å². The number of morpholine rings is 1. The summed E-state index contributed by atoms with van der Waals surface area (Å²) in [6.07, 6.45) is 3.87. The Bertz CT molecular complexity index is 472. The number of carbonyl (C=O) groups is 1. The van der Waals surface area contributed by atoms with Crippen molar-refractivity contribution in [1.29, 1.82) is 0 Å². The molecule has 2 aliphatic rings. The number of nitrogens with zero attached hydrogens (tertiary/aromatic N) is 4. The number of aromatic nitrogens is 2. The maximum atomic E-state index is 12.3. The van der Waals surface area contributed by atoms with Crippen LogP contribution in [-0.2, 0) is 4.74 Å². The third-order valence-corrected chi connectivity index (χ3v) is 3.90. The van der Waals surface area contributed by atoms with Crippen molar-refractivity contribution in [2.24, 2.45) is 0 Å². The Morgan fingerprint density at radius 3 is 2.75 bits per heavy atom. The SMILES string of the molecule is Nc1cnc(C(=O)N2CCC(N3CCOCC3)C2)cn1. The zero-order valence-corrected chi connectivity index (χ0v) is 11.4. The van der Waals surface area contributed by atoms with Gasteiger partial charge in [0.2, 0.25) is 0 Å². The van der Waals surface area contributed by atoms with Gasteiger partial charge < -0.3 is 15.4 Å². The molecule has 3 rings (SSSR count). The summed E-state index contributed by atoms with van der Waals surface area (Å²) in [5.74, 6) is 0.266. The smallest absolute Gasteiger partial charge is 0.274 e. The average molecular weight is 277 g/mol. The highest BCUT2D eigenvalue weighted by Crippen LogP contribution is 2.18. The summed E-state index contributed by atoms with van der Waals surface area (Å²) >= 11 is 0. The molecular weight excluding hydrogens is 258 g/mol. The first-order valence-electron chi connectivity index (χ1n) is 6.92. The lowest BCUT2D eigenvalue weighted by atomic mass is 10.2. The van der Waals surface area contributed by atoms with Gasteiger partial charge in [-0.3, -0.25) is 9.69 Å². The molecule has 0 saturated carbocycles. The predicted molar refractivity (Wildman–Crippen MR) is 73.1 cm³/mol. The Labute approximate surface area is 117 Å². The van der Waals surface area contributed by atoms with Crippen LogP contribution in [0, 0.1) is 0 Å². The van der Waals surface area contributed by atoms with Gasteiger partial charge in [0.25, 0.3) is 5.91 Å². The van der Waals surface area contributed by atoms with Crippen LogP contribution in [0.4, 0.5) is 5.82 Å². The molecular formula is C13H19N5O2. The van der Waals surface area contributed by atoms with Gasteiger partial charge in [-0.15, -0.1) is 0 Å². The van der Waals surface area contributed by atoms with Crippen molar-refractivity contribution in [1.82, 2.24) is 19.8 Å². The molecule has 0 radical (unpaired) electrons. The van der Waals surface area contributed by atoms with Gasteiger partial charge in [-0.25, -0.2) is 9.97 Å². The lowest BCUT2D eigenvalue weighted by Crippen LogP contribution is -2.45. The molecule has 2 aliphatic heterocycles. The fraction of sp³-hybridized carbons (Fsp3) is 0.615. The third-order valence-electron chi connectivity index (χ3n) is 3.90. The Balaban J connectivity index is 1.61. The molecule has 2 fully saturated rings. The number of amides is 1. The minimum atomic E-state index is -0.0618. The lowest BCUT2D eigenvalue weighted by molar-refractivity contribution is 0.0185. The fourth-order valence-corrected chi connectivity index (χ4v) is 2.78. The highest BCUT2D eigenvalue weighted by Gasteiger charge is 2.31. The number of carbonyl (C=O) groups excluding carboxylic acids is 1. The number of ether oxygens (including phenoxy) is 1. The van der Waals surface area contributed by atoms with Gasteiger partial charge in [-0.05, 0) is 6.42 Å². The zero-order valence-electron chi connectivity index (χ0n) is 11.4. The molecule has 1 unspecified atom stereocenters. The molecule has 3 heterocycles. The van der Waals surface area contributed by atoms with Crippen molar-refractivity contribution in [3.63, 3.8) is 0 Å². The third kappa shape index (κ3) is 2.73. The predicted octanol–water partition coefficient (Wildman–Crippen LogP) is -0.394. The normalized spacial score (nSPS) is 24.0. The molecule has 2 N–H and O–H groups in total. The highest BCUT2D eigenvalue weighted by molar-refractivity contribution is 5.92. The monoisotopic (exact) mass is 277 g/mol. The van der Waals surface area contributed by atoms with Crippen molar-refractivity contribution in [2.75, 3.05) is 45.1 Å². The molecule has 20 heavy (non-hydrogen) atoms. The minimum Gasteiger partial charge on any atom is -0.382 e. The molecule has 0 aliphatic carbocycles. The minimum absolute atomic E-state index is 0.0618. The van der Waals surface area contributed by atoms with Crippen LogP contribution in [0.3, 0.4) is 0 Å². The van der Waals surface area contributed by atoms with Crippen molar-refractivity contribution >= 4 is 11.7 Å². The van der Waals surface area contributed by atoms with Crippen molar-refractivity contribution in [2.45, 2.75) is 12.5 Å². The molecule has 0 bridgehead atoms. The summed E-state index contributed by atoms with van der Waals surface area (Å²) in [5.41, 5.74) is 5.85. The molecule has 7 heteroatoms. The van der Waals surface area contributed by atoms with Gasteiger partial charge in [0.05, 0.1) is 25.6 Å². The number of anilines is 1. The maximum absolute atomic E-state index is 12.3. The van der Waals surface area contributed by atoms with E-state index >= 15 is 0 Å². The number of nitrogen functional groups attached to an aromatic ring is 1. The van der Waals surface area contributed by atoms with Crippen LogP contribution in [0.25, 0.3) is 0 Å². The molecule has 0 aromatic carbocycles. The molecule has 1 amide bonds. The zero-order chi connectivity index (χ0) is 13.9. The first-order chi connectivity index (χ1) is 9.74. The van der Waals surface area contributed by atoms with Crippen molar-refractivity contribution < 1.29 is 9.53 Å². The Morgan fingerprint density at radius 1 is 1.25 bits per heavy atom. The second kappa shape index (κ2) is 5.72. The number of likely N-dealkylation sites (tertiary alicyclic amines) is 1. The van der Waals surface area contributed by atoms with E-state index in [9.17, 15) is 4.79 Å². The first kappa shape index (κ1) is 13.3. The lowest BCUT2D eigenvalue weighted by Gasteiger charge is -2.32. The van der Waals surface area contributed by atoms with Crippen molar-refractivity contribution in [3.8, 4) is 0 Å². The van der Waals surface area contributed by atoms with Gasteiger partial charge >= 0.3 is 0 Å². The highest BCUT2D eigenvalue weighted by atomic mass is 16.5. The molecule has 1 atom stereocenters. The molecule has 1 aromatic rings. The van der Waals surface area contributed by atoms with Crippen LogP contribution >= 0.6 is 0 Å². The first-order valence-corrected chi connectivity index (χ1v) is 6.92. The largest absolute Gasteiger partial charge is 0.382 e. The average Bonchev–Trinajstić information content (AvgIpc) is 2.98. The van der Waals surface area contributed by atoms with E-state index in [-0.39, 0.29) is 5.91 Å². The topological polar surface area (TPSA) is 84.6 Å². The number of hydrogen-bond acceptors (Lipinski definition) is 6. The van der Waals surface area contributed by atoms with Gasteiger partial charge in [-0.1, -0.05) is 0 Å². The molecule has 0 spiro atoms. The van der Waals surface area contributed by atoms with Crippen LogP contribution < -0.4 is 5.73 Å². The summed E-state index contributed by atoms with van der Waals surface area (Å²) in [5, 5.41) is 0. The van der Waals surface area contributed by atoms with Gasteiger partial charge in [0.15, 0.2) is 0 Å². The van der Waals surface area contributed by atoms with E-state index in [0.717, 1.165) is 45.8 Å². The Morgan fingerprint density at radius 2 is 2.05 bits per heavy atom. The Hall–Kier alpha value is -1.73. The standard InChI is InChI=1S/C13H19N5O2/c14-12-8-15-11(7-16-12)13(19)18-2-1-10(9-18)17-3-5-20-6-4-17/h7-8,10H,1-6,9H2,(H2,14,16). The molecule has 2 saturated heterocycles. The Kier molecular flexibility index (Phi) is 3.79.